The smallest absolute Gasteiger partial charge is 0.475 e. The Bertz CT molecular complexity index is 1410. The fourth-order valence-corrected chi connectivity index (χ4v) is 5.50. The number of furan rings is 1. The van der Waals surface area contributed by atoms with Crippen molar-refractivity contribution in [3.63, 3.8) is 0 Å². The average molecular weight is 647 g/mol. The van der Waals surface area contributed by atoms with Crippen LogP contribution in [0.15, 0.2) is 41.5 Å². The Kier molecular flexibility index (Phi) is 10.1. The van der Waals surface area contributed by atoms with Crippen molar-refractivity contribution in [1.29, 1.82) is 0 Å². The zero-order valence-corrected chi connectivity index (χ0v) is 24.2. The van der Waals surface area contributed by atoms with Gasteiger partial charge in [-0.3, -0.25) is 4.90 Å². The maximum absolute atomic E-state index is 10.6. The van der Waals surface area contributed by atoms with Gasteiger partial charge in [0.2, 0.25) is 5.95 Å². The first-order valence-corrected chi connectivity index (χ1v) is 14.0. The molecule has 6 rings (SSSR count). The largest absolute Gasteiger partial charge is 0.490 e. The summed E-state index contributed by atoms with van der Waals surface area (Å²) in [6.45, 7) is 8.22. The Hall–Kier alpha value is -4.15. The normalized spacial score (nSPS) is 17.9. The van der Waals surface area contributed by atoms with E-state index in [4.69, 9.17) is 29.2 Å². The van der Waals surface area contributed by atoms with Crippen LogP contribution >= 0.6 is 0 Å². The van der Waals surface area contributed by atoms with Gasteiger partial charge >= 0.3 is 24.3 Å². The van der Waals surface area contributed by atoms with Crippen molar-refractivity contribution < 1.29 is 50.6 Å². The third-order valence-electron chi connectivity index (χ3n) is 7.83. The summed E-state index contributed by atoms with van der Waals surface area (Å²) in [6, 6.07) is 3.97. The number of hydrogen-bond donors (Lipinski definition) is 2. The lowest BCUT2D eigenvalue weighted by atomic mass is 9.72. The average Bonchev–Trinajstić information content (AvgIpc) is 3.55. The molecule has 246 valence electrons. The van der Waals surface area contributed by atoms with Crippen LogP contribution in [0.5, 0.6) is 0 Å². The van der Waals surface area contributed by atoms with E-state index in [9.17, 15) is 26.3 Å². The maximum Gasteiger partial charge on any atom is 0.490 e. The number of aromatic nitrogens is 4. The Balaban J connectivity index is 0.000000277. The molecular weight excluding hydrogens is 614 g/mol. The minimum Gasteiger partial charge on any atom is -0.475 e. The summed E-state index contributed by atoms with van der Waals surface area (Å²) in [5.74, 6) is -2.64. The van der Waals surface area contributed by atoms with E-state index in [0.717, 1.165) is 64.0 Å². The predicted octanol–water partition coefficient (Wildman–Crippen LogP) is 4.81. The molecule has 11 nitrogen and oxygen atoms in total. The number of fused-ring (bicyclic) bond motifs is 2. The van der Waals surface area contributed by atoms with Gasteiger partial charge < -0.3 is 24.1 Å². The zero-order valence-electron chi connectivity index (χ0n) is 24.2. The number of carbonyl (C=O) groups is 2. The number of piperidine rings is 1. The van der Waals surface area contributed by atoms with Crippen LogP contribution in [0.25, 0.3) is 0 Å². The summed E-state index contributed by atoms with van der Waals surface area (Å²) in [5.41, 5.74) is 4.16. The van der Waals surface area contributed by atoms with E-state index in [1.807, 2.05) is 24.7 Å². The molecule has 5 heterocycles. The van der Waals surface area contributed by atoms with E-state index in [1.54, 1.807) is 6.26 Å². The number of halogens is 6. The predicted molar refractivity (Wildman–Crippen MR) is 145 cm³/mol. The fraction of sp³-hybridized carbons (Fsp3) is 0.536. The first-order chi connectivity index (χ1) is 21.1. The van der Waals surface area contributed by atoms with Crippen molar-refractivity contribution in [3.05, 3.63) is 59.8 Å². The van der Waals surface area contributed by atoms with Crippen LogP contribution in [0.3, 0.4) is 0 Å². The minimum atomic E-state index is -5.08. The molecule has 17 heteroatoms. The van der Waals surface area contributed by atoms with E-state index in [-0.39, 0.29) is 5.41 Å². The van der Waals surface area contributed by atoms with Gasteiger partial charge in [-0.2, -0.15) is 26.3 Å². The number of hydrogen-bond acceptors (Lipinski definition) is 8. The van der Waals surface area contributed by atoms with Crippen molar-refractivity contribution in [1.82, 2.24) is 24.4 Å². The molecule has 1 aliphatic carbocycles. The van der Waals surface area contributed by atoms with Gasteiger partial charge in [-0.15, -0.1) is 0 Å². The third-order valence-corrected chi connectivity index (χ3v) is 7.83. The lowest BCUT2D eigenvalue weighted by molar-refractivity contribution is -0.193. The zero-order chi connectivity index (χ0) is 33.0. The van der Waals surface area contributed by atoms with Crippen LogP contribution in [0, 0.1) is 12.8 Å². The van der Waals surface area contributed by atoms with Crippen LogP contribution in [-0.2, 0) is 34.6 Å². The molecule has 2 N–H and O–H groups in total. The minimum absolute atomic E-state index is 0.0994. The number of aryl methyl sites for hydroxylation is 1. The first-order valence-electron chi connectivity index (χ1n) is 14.0. The van der Waals surface area contributed by atoms with Gasteiger partial charge in [-0.25, -0.2) is 24.5 Å². The molecule has 0 aromatic carbocycles. The molecule has 0 unspecified atom stereocenters. The molecule has 3 aliphatic rings. The first kappa shape index (κ1) is 33.7. The maximum atomic E-state index is 10.6. The summed E-state index contributed by atoms with van der Waals surface area (Å²) in [6.07, 6.45) is 2.05. The van der Waals surface area contributed by atoms with Crippen LogP contribution in [0.4, 0.5) is 32.3 Å². The second-order valence-electron chi connectivity index (χ2n) is 11.2. The fourth-order valence-electron chi connectivity index (χ4n) is 5.50. The lowest BCUT2D eigenvalue weighted by Gasteiger charge is -2.47. The van der Waals surface area contributed by atoms with E-state index in [1.165, 1.54) is 35.6 Å². The molecule has 2 aliphatic heterocycles. The number of rotatable bonds is 5. The number of carboxylic acid groups (broad SMARTS) is 2. The molecule has 0 bridgehead atoms. The monoisotopic (exact) mass is 646 g/mol. The number of nitrogens with zero attached hydrogens (tertiary/aromatic N) is 6. The number of carboxylic acids is 2. The highest BCUT2D eigenvalue weighted by Gasteiger charge is 2.46. The Morgan fingerprint density at radius 2 is 1.60 bits per heavy atom. The van der Waals surface area contributed by atoms with Crippen molar-refractivity contribution in [2.24, 2.45) is 5.92 Å². The summed E-state index contributed by atoms with van der Waals surface area (Å²) >= 11 is 0. The highest BCUT2D eigenvalue weighted by atomic mass is 19.4. The van der Waals surface area contributed by atoms with Gasteiger partial charge in [0, 0.05) is 62.6 Å². The standard InChI is InChI=1S/C24H30N6O.2C2HF3O2/c1-18-27-22-21(30(18)14-19-3-4-19)15-28(13-20-5-12-31-16-20)17-24(22)6-10-29(11-7-24)23-25-8-2-9-26-23;2*3-2(4,5)1(6)7/h2,5,8-9,12,16,19H,3-4,6-7,10-11,13-15,17H2,1H3;2*(H,6,7). The molecule has 0 atom stereocenters. The van der Waals surface area contributed by atoms with Crippen LogP contribution in [0.1, 0.15) is 48.5 Å². The number of imidazole rings is 1. The third kappa shape index (κ3) is 8.73. The summed E-state index contributed by atoms with van der Waals surface area (Å²) in [5, 5.41) is 14.2. The molecule has 45 heavy (non-hydrogen) atoms. The van der Waals surface area contributed by atoms with Crippen molar-refractivity contribution in [3.8, 4) is 0 Å². The second-order valence-corrected chi connectivity index (χ2v) is 11.2. The second kappa shape index (κ2) is 13.5. The molecule has 1 saturated carbocycles. The molecule has 2 fully saturated rings. The van der Waals surface area contributed by atoms with Crippen LogP contribution < -0.4 is 4.90 Å². The highest BCUT2D eigenvalue weighted by Crippen LogP contribution is 2.43. The number of alkyl halides is 6. The van der Waals surface area contributed by atoms with E-state index in [2.05, 4.69) is 37.3 Å². The van der Waals surface area contributed by atoms with E-state index < -0.39 is 24.3 Å². The van der Waals surface area contributed by atoms with E-state index in [0.29, 0.717) is 0 Å². The molecular formula is C28H32F6N6O5. The summed E-state index contributed by atoms with van der Waals surface area (Å²) < 4.78 is 71.4. The SMILES string of the molecule is Cc1nc2c(n1CC1CC1)CN(Cc1ccoc1)CC21CCN(c2ncccn2)CC1.O=C(O)C(F)(F)F.O=C(O)C(F)(F)F. The number of aliphatic carboxylic acids is 2. The van der Waals surface area contributed by atoms with Crippen molar-refractivity contribution >= 4 is 17.9 Å². The molecule has 3 aromatic rings. The van der Waals surface area contributed by atoms with Gasteiger partial charge in [-0.1, -0.05) is 0 Å². The quantitative estimate of drug-likeness (QED) is 0.372. The lowest BCUT2D eigenvalue weighted by Crippen LogP contribution is -2.52. The Morgan fingerprint density at radius 1 is 1.02 bits per heavy atom. The molecule has 1 spiro atoms. The van der Waals surface area contributed by atoms with Gasteiger partial charge in [-0.05, 0) is 50.7 Å². The molecule has 0 radical (unpaired) electrons. The molecule has 1 saturated heterocycles. The number of anilines is 1. The summed E-state index contributed by atoms with van der Waals surface area (Å²) in [7, 11) is 0. The summed E-state index contributed by atoms with van der Waals surface area (Å²) in [4.78, 5) is 36.9. The van der Waals surface area contributed by atoms with Gasteiger partial charge in [0.1, 0.15) is 5.82 Å². The Labute approximate surface area is 253 Å². The Morgan fingerprint density at radius 3 is 2.09 bits per heavy atom. The van der Waals surface area contributed by atoms with Crippen LogP contribution in [-0.4, -0.2) is 78.6 Å². The van der Waals surface area contributed by atoms with Crippen molar-refractivity contribution in [2.75, 3.05) is 24.5 Å². The van der Waals surface area contributed by atoms with Crippen molar-refractivity contribution in [2.45, 2.75) is 70.0 Å². The van der Waals surface area contributed by atoms with Gasteiger partial charge in [0.25, 0.3) is 0 Å². The van der Waals surface area contributed by atoms with Gasteiger partial charge in [0.05, 0.1) is 23.9 Å². The van der Waals surface area contributed by atoms with E-state index >= 15 is 0 Å². The topological polar surface area (TPSA) is 138 Å². The molecule has 3 aromatic heterocycles. The van der Waals surface area contributed by atoms with Gasteiger partial charge in [0.15, 0.2) is 0 Å². The highest BCUT2D eigenvalue weighted by molar-refractivity contribution is 5.73. The van der Waals surface area contributed by atoms with Crippen LogP contribution in [0.2, 0.25) is 0 Å². The molecule has 0 amide bonds.